The molecule has 0 bridgehead atoms. The van der Waals surface area contributed by atoms with Crippen LogP contribution in [0.25, 0.3) is 0 Å². The zero-order chi connectivity index (χ0) is 16.7. The number of aromatic nitrogens is 3. The van der Waals surface area contributed by atoms with Crippen molar-refractivity contribution in [3.05, 3.63) is 41.2 Å². The van der Waals surface area contributed by atoms with Crippen LogP contribution in [0.4, 0.5) is 10.1 Å². The minimum atomic E-state index is -0.499. The summed E-state index contributed by atoms with van der Waals surface area (Å²) in [5.74, 6) is 1.39. The highest BCUT2D eigenvalue weighted by Crippen LogP contribution is 2.39. The van der Waals surface area contributed by atoms with Crippen LogP contribution in [0, 0.1) is 17.1 Å². The van der Waals surface area contributed by atoms with Gasteiger partial charge in [-0.3, -0.25) is 0 Å². The molecule has 2 aromatic rings. The highest BCUT2D eigenvalue weighted by molar-refractivity contribution is 5.61. The Kier molecular flexibility index (Phi) is 3.69. The number of hydrogen-bond acceptors (Lipinski definition) is 5. The van der Waals surface area contributed by atoms with Gasteiger partial charge in [0, 0.05) is 33.0 Å². The predicted octanol–water partition coefficient (Wildman–Crippen LogP) is 2.20. The number of rotatable bonds is 3. The molecule has 3 heterocycles. The fourth-order valence-corrected chi connectivity index (χ4v) is 3.76. The molecule has 2 aliphatic heterocycles. The van der Waals surface area contributed by atoms with Gasteiger partial charge in [-0.2, -0.15) is 5.26 Å². The number of aryl methyl sites for hydroxylation is 1. The molecule has 0 aliphatic carbocycles. The van der Waals surface area contributed by atoms with Gasteiger partial charge in [-0.15, -0.1) is 10.2 Å². The number of hydrogen-bond donors (Lipinski definition) is 0. The quantitative estimate of drug-likeness (QED) is 0.864. The van der Waals surface area contributed by atoms with Gasteiger partial charge >= 0.3 is 0 Å². The van der Waals surface area contributed by atoms with E-state index in [1.807, 2.05) is 11.0 Å². The Morgan fingerprint density at radius 2 is 2.25 bits per heavy atom. The summed E-state index contributed by atoms with van der Waals surface area (Å²) in [4.78, 5) is 2.03. The Labute approximate surface area is 139 Å². The lowest BCUT2D eigenvalue weighted by Crippen LogP contribution is -2.27. The van der Waals surface area contributed by atoms with E-state index in [9.17, 15) is 9.65 Å². The van der Waals surface area contributed by atoms with Crippen LogP contribution in [0.3, 0.4) is 0 Å². The Balaban J connectivity index is 1.78. The third-order valence-electron chi connectivity index (χ3n) is 4.95. The van der Waals surface area contributed by atoms with E-state index in [-0.39, 0.29) is 17.7 Å². The van der Waals surface area contributed by atoms with Crippen LogP contribution in [0.1, 0.15) is 36.1 Å². The van der Waals surface area contributed by atoms with E-state index >= 15 is 0 Å². The van der Waals surface area contributed by atoms with Crippen molar-refractivity contribution >= 4 is 5.69 Å². The van der Waals surface area contributed by atoms with E-state index in [2.05, 4.69) is 14.8 Å². The lowest BCUT2D eigenvalue weighted by Gasteiger charge is -2.27. The molecule has 1 aromatic carbocycles. The highest BCUT2D eigenvalue weighted by Gasteiger charge is 2.38. The first-order valence-corrected chi connectivity index (χ1v) is 8.13. The Hall–Kier alpha value is -2.46. The molecule has 2 atom stereocenters. The standard InChI is InChI=1S/C17H18FN5O/c1-24-11-8-15(17-21-20-16-6-3-7-22(16)17)23(10-11)14-5-2-4-13(18)12(14)9-19/h2,4-5,11,15H,3,6-8,10H2,1H3/t11-,15+/m1/s1. The monoisotopic (exact) mass is 327 g/mol. The third kappa shape index (κ3) is 2.26. The molecule has 0 spiro atoms. The summed E-state index contributed by atoms with van der Waals surface area (Å²) >= 11 is 0. The lowest BCUT2D eigenvalue weighted by atomic mass is 10.1. The van der Waals surface area contributed by atoms with Crippen LogP contribution in [0.5, 0.6) is 0 Å². The largest absolute Gasteiger partial charge is 0.380 e. The van der Waals surface area contributed by atoms with Crippen molar-refractivity contribution in [3.63, 3.8) is 0 Å². The third-order valence-corrected chi connectivity index (χ3v) is 4.95. The van der Waals surface area contributed by atoms with Gasteiger partial charge in [-0.1, -0.05) is 6.07 Å². The van der Waals surface area contributed by atoms with E-state index in [4.69, 9.17) is 4.74 Å². The van der Waals surface area contributed by atoms with E-state index in [0.29, 0.717) is 12.2 Å². The summed E-state index contributed by atoms with van der Waals surface area (Å²) < 4.78 is 21.8. The molecule has 2 aliphatic rings. The summed E-state index contributed by atoms with van der Waals surface area (Å²) in [6.07, 6.45) is 2.77. The predicted molar refractivity (Wildman–Crippen MR) is 85.0 cm³/mol. The molecule has 0 saturated carbocycles. The molecule has 1 fully saturated rings. The second kappa shape index (κ2) is 5.87. The Morgan fingerprint density at radius 3 is 3.04 bits per heavy atom. The number of methoxy groups -OCH3 is 1. The van der Waals surface area contributed by atoms with E-state index in [1.165, 1.54) is 6.07 Å². The van der Waals surface area contributed by atoms with Crippen LogP contribution >= 0.6 is 0 Å². The van der Waals surface area contributed by atoms with Gasteiger partial charge in [-0.05, 0) is 18.6 Å². The van der Waals surface area contributed by atoms with Crippen LogP contribution in [-0.4, -0.2) is 34.5 Å². The molecule has 0 amide bonds. The van der Waals surface area contributed by atoms with Crippen LogP contribution in [-0.2, 0) is 17.7 Å². The summed E-state index contributed by atoms with van der Waals surface area (Å²) in [6.45, 7) is 1.51. The molecule has 7 heteroatoms. The molecule has 1 aromatic heterocycles. The van der Waals surface area contributed by atoms with Crippen molar-refractivity contribution in [2.75, 3.05) is 18.6 Å². The Morgan fingerprint density at radius 1 is 1.38 bits per heavy atom. The maximum Gasteiger partial charge on any atom is 0.155 e. The molecule has 0 radical (unpaired) electrons. The number of ether oxygens (including phenoxy) is 1. The minimum absolute atomic E-state index is 0.0131. The molecule has 124 valence electrons. The van der Waals surface area contributed by atoms with Crippen LogP contribution in [0.2, 0.25) is 0 Å². The topological polar surface area (TPSA) is 67.0 Å². The van der Waals surface area contributed by atoms with Gasteiger partial charge in [0.2, 0.25) is 0 Å². The van der Waals surface area contributed by atoms with Crippen molar-refractivity contribution in [1.29, 1.82) is 5.26 Å². The second-order valence-corrected chi connectivity index (χ2v) is 6.24. The molecular weight excluding hydrogens is 309 g/mol. The molecule has 24 heavy (non-hydrogen) atoms. The molecule has 1 saturated heterocycles. The smallest absolute Gasteiger partial charge is 0.155 e. The summed E-state index contributed by atoms with van der Waals surface area (Å²) in [5, 5.41) is 18.0. The fourth-order valence-electron chi connectivity index (χ4n) is 3.76. The van der Waals surface area contributed by atoms with E-state index in [0.717, 1.165) is 37.5 Å². The fraction of sp³-hybridized carbons (Fsp3) is 0.471. The zero-order valence-corrected chi connectivity index (χ0v) is 13.4. The van der Waals surface area contributed by atoms with Gasteiger partial charge in [0.1, 0.15) is 23.3 Å². The van der Waals surface area contributed by atoms with Gasteiger partial charge in [-0.25, -0.2) is 4.39 Å². The van der Waals surface area contributed by atoms with Gasteiger partial charge < -0.3 is 14.2 Å². The number of fused-ring (bicyclic) bond motifs is 1. The van der Waals surface area contributed by atoms with E-state index in [1.54, 1.807) is 19.2 Å². The van der Waals surface area contributed by atoms with Crippen molar-refractivity contribution in [3.8, 4) is 6.07 Å². The first-order valence-electron chi connectivity index (χ1n) is 8.13. The van der Waals surface area contributed by atoms with E-state index < -0.39 is 5.82 Å². The maximum absolute atomic E-state index is 14.1. The van der Waals surface area contributed by atoms with Crippen molar-refractivity contribution in [2.24, 2.45) is 0 Å². The average Bonchev–Trinajstić information content (AvgIpc) is 3.29. The maximum atomic E-state index is 14.1. The molecule has 6 nitrogen and oxygen atoms in total. The van der Waals surface area contributed by atoms with Crippen molar-refractivity contribution < 1.29 is 9.13 Å². The van der Waals surface area contributed by atoms with Crippen LogP contribution in [0.15, 0.2) is 18.2 Å². The van der Waals surface area contributed by atoms with Gasteiger partial charge in [0.05, 0.1) is 17.8 Å². The summed E-state index contributed by atoms with van der Waals surface area (Å²) in [6, 6.07) is 6.66. The number of nitriles is 1. The molecule has 4 rings (SSSR count). The first-order chi connectivity index (χ1) is 11.7. The molecular formula is C17H18FN5O. The minimum Gasteiger partial charge on any atom is -0.380 e. The summed E-state index contributed by atoms with van der Waals surface area (Å²) in [7, 11) is 1.68. The normalized spacial score (nSPS) is 22.6. The van der Waals surface area contributed by atoms with Crippen molar-refractivity contribution in [2.45, 2.75) is 38.0 Å². The number of anilines is 1. The van der Waals surface area contributed by atoms with Gasteiger partial charge in [0.25, 0.3) is 0 Å². The number of nitrogens with zero attached hydrogens (tertiary/aromatic N) is 5. The zero-order valence-electron chi connectivity index (χ0n) is 13.4. The Bertz CT molecular complexity index is 812. The van der Waals surface area contributed by atoms with Crippen LogP contribution < -0.4 is 4.90 Å². The lowest BCUT2D eigenvalue weighted by molar-refractivity contribution is 0.118. The average molecular weight is 327 g/mol. The first kappa shape index (κ1) is 15.1. The molecule has 0 unspecified atom stereocenters. The van der Waals surface area contributed by atoms with Gasteiger partial charge in [0.15, 0.2) is 5.82 Å². The highest BCUT2D eigenvalue weighted by atomic mass is 19.1. The second-order valence-electron chi connectivity index (χ2n) is 6.24. The summed E-state index contributed by atoms with van der Waals surface area (Å²) in [5.41, 5.74) is 0.665. The SMILES string of the molecule is CO[C@@H]1C[C@@H](c2nnc3n2CCC3)N(c2cccc(F)c2C#N)C1. The molecule has 0 N–H and O–H groups in total. The number of benzene rings is 1. The van der Waals surface area contributed by atoms with Crippen molar-refractivity contribution in [1.82, 2.24) is 14.8 Å². The number of halogens is 1.